The van der Waals surface area contributed by atoms with E-state index in [0.29, 0.717) is 21.4 Å². The molecule has 0 radical (unpaired) electrons. The summed E-state index contributed by atoms with van der Waals surface area (Å²) < 4.78 is 0. The van der Waals surface area contributed by atoms with Gasteiger partial charge in [-0.2, -0.15) is 0 Å². The van der Waals surface area contributed by atoms with Gasteiger partial charge in [0.2, 0.25) is 0 Å². The maximum atomic E-state index is 12.3. The van der Waals surface area contributed by atoms with Crippen LogP contribution in [-0.4, -0.2) is 16.8 Å². The van der Waals surface area contributed by atoms with Gasteiger partial charge in [-0.3, -0.25) is 14.9 Å². The van der Waals surface area contributed by atoms with Crippen LogP contribution < -0.4 is 10.6 Å². The lowest BCUT2D eigenvalue weighted by Gasteiger charge is -2.06. The van der Waals surface area contributed by atoms with Crippen LogP contribution in [0.5, 0.6) is 0 Å². The summed E-state index contributed by atoms with van der Waals surface area (Å²) in [7, 11) is 0. The first-order valence-electron chi connectivity index (χ1n) is 7.83. The third-order valence-electron chi connectivity index (χ3n) is 3.54. The smallest absolute Gasteiger partial charge is 0.275 e. The largest absolute Gasteiger partial charge is 0.321 e. The van der Waals surface area contributed by atoms with Crippen LogP contribution in [0.1, 0.15) is 32.0 Å². The lowest BCUT2D eigenvalue weighted by Crippen LogP contribution is -2.14. The number of hydrogen-bond acceptors (Lipinski definition) is 4. The summed E-state index contributed by atoms with van der Waals surface area (Å²) in [5.41, 5.74) is 3.56. The highest BCUT2D eigenvalue weighted by molar-refractivity contribution is 7.14. The lowest BCUT2D eigenvalue weighted by molar-refractivity contribution is 0.101. The molecule has 0 aliphatic heterocycles. The van der Waals surface area contributed by atoms with Crippen LogP contribution in [0.2, 0.25) is 5.02 Å². The van der Waals surface area contributed by atoms with E-state index in [1.165, 1.54) is 11.3 Å². The number of rotatable bonds is 4. The van der Waals surface area contributed by atoms with Crippen LogP contribution in [0.4, 0.5) is 10.8 Å². The Hall–Kier alpha value is -2.70. The predicted octanol–water partition coefficient (Wildman–Crippen LogP) is 4.92. The van der Waals surface area contributed by atoms with E-state index >= 15 is 0 Å². The van der Waals surface area contributed by atoms with Crippen molar-refractivity contribution in [1.29, 1.82) is 0 Å². The van der Waals surface area contributed by atoms with E-state index in [1.807, 2.05) is 32.0 Å². The van der Waals surface area contributed by atoms with E-state index in [1.54, 1.807) is 29.6 Å². The molecule has 0 spiro atoms. The highest BCUT2D eigenvalue weighted by atomic mass is 35.5. The van der Waals surface area contributed by atoms with Crippen molar-refractivity contribution in [3.05, 3.63) is 75.3 Å². The van der Waals surface area contributed by atoms with E-state index in [4.69, 9.17) is 11.6 Å². The van der Waals surface area contributed by atoms with Crippen molar-refractivity contribution in [3.63, 3.8) is 0 Å². The summed E-state index contributed by atoms with van der Waals surface area (Å²) in [6.07, 6.45) is 0. The van der Waals surface area contributed by atoms with Crippen molar-refractivity contribution in [2.75, 3.05) is 10.6 Å². The van der Waals surface area contributed by atoms with Crippen molar-refractivity contribution in [1.82, 2.24) is 4.98 Å². The average Bonchev–Trinajstić information content (AvgIpc) is 3.03. The predicted molar refractivity (Wildman–Crippen MR) is 105 cm³/mol. The Bertz CT molecular complexity index is 947. The highest BCUT2D eigenvalue weighted by Gasteiger charge is 2.14. The molecule has 2 aromatic carbocycles. The molecule has 2 N–H and O–H groups in total. The van der Waals surface area contributed by atoms with Gasteiger partial charge in [0.15, 0.2) is 5.13 Å². The van der Waals surface area contributed by atoms with Crippen molar-refractivity contribution in [2.45, 2.75) is 13.8 Å². The average molecular weight is 386 g/mol. The standard InChI is InChI=1S/C19H16ClN3O2S/c1-11-7-12(2)9-15(8-11)21-18(25)16-10-26-19(22-16)23-17(24)13-3-5-14(20)6-4-13/h3-10H,1-2H3,(H,21,25)(H,22,23,24). The van der Waals surface area contributed by atoms with E-state index in [-0.39, 0.29) is 17.5 Å². The molecular formula is C19H16ClN3O2S. The van der Waals surface area contributed by atoms with Gasteiger partial charge in [-0.15, -0.1) is 11.3 Å². The molecule has 0 saturated heterocycles. The molecule has 7 heteroatoms. The molecule has 0 atom stereocenters. The summed E-state index contributed by atoms with van der Waals surface area (Å²) in [6.45, 7) is 3.94. The molecule has 0 fully saturated rings. The van der Waals surface area contributed by atoms with Crippen LogP contribution >= 0.6 is 22.9 Å². The van der Waals surface area contributed by atoms with Crippen molar-refractivity contribution >= 4 is 45.6 Å². The number of aryl methyl sites for hydroxylation is 2. The fraction of sp³-hybridized carbons (Fsp3) is 0.105. The van der Waals surface area contributed by atoms with Gasteiger partial charge in [-0.1, -0.05) is 17.7 Å². The summed E-state index contributed by atoms with van der Waals surface area (Å²) in [4.78, 5) is 28.7. The van der Waals surface area contributed by atoms with E-state index < -0.39 is 0 Å². The molecule has 1 aromatic heterocycles. The second-order valence-electron chi connectivity index (χ2n) is 5.83. The molecule has 5 nitrogen and oxygen atoms in total. The first-order valence-corrected chi connectivity index (χ1v) is 9.08. The lowest BCUT2D eigenvalue weighted by atomic mass is 10.1. The molecule has 1 heterocycles. The van der Waals surface area contributed by atoms with Gasteiger partial charge in [0.1, 0.15) is 5.69 Å². The van der Waals surface area contributed by atoms with Gasteiger partial charge in [-0.25, -0.2) is 4.98 Å². The van der Waals surface area contributed by atoms with Gasteiger partial charge >= 0.3 is 0 Å². The van der Waals surface area contributed by atoms with Crippen molar-refractivity contribution in [3.8, 4) is 0 Å². The van der Waals surface area contributed by atoms with E-state index in [2.05, 4.69) is 15.6 Å². The number of amides is 2. The number of hydrogen-bond donors (Lipinski definition) is 2. The monoisotopic (exact) mass is 385 g/mol. The Morgan fingerprint density at radius 2 is 1.62 bits per heavy atom. The molecule has 3 rings (SSSR count). The first kappa shape index (κ1) is 18.1. The van der Waals surface area contributed by atoms with E-state index in [9.17, 15) is 9.59 Å². The number of nitrogens with zero attached hydrogens (tertiary/aromatic N) is 1. The Morgan fingerprint density at radius 3 is 2.27 bits per heavy atom. The number of thiazole rings is 1. The Kier molecular flexibility index (Phi) is 5.35. The number of anilines is 2. The van der Waals surface area contributed by atoms with Crippen molar-refractivity contribution < 1.29 is 9.59 Å². The molecule has 0 aliphatic rings. The van der Waals surface area contributed by atoms with E-state index in [0.717, 1.165) is 11.1 Å². The maximum absolute atomic E-state index is 12.3. The fourth-order valence-corrected chi connectivity index (χ4v) is 3.26. The molecule has 26 heavy (non-hydrogen) atoms. The van der Waals surface area contributed by atoms with Gasteiger partial charge in [0.05, 0.1) is 0 Å². The highest BCUT2D eigenvalue weighted by Crippen LogP contribution is 2.19. The molecule has 0 bridgehead atoms. The number of aromatic nitrogens is 1. The molecule has 0 unspecified atom stereocenters. The number of nitrogens with one attached hydrogen (secondary N) is 2. The second kappa shape index (κ2) is 7.68. The summed E-state index contributed by atoms with van der Waals surface area (Å²) in [5, 5.41) is 8.02. The van der Waals surface area contributed by atoms with Gasteiger partial charge in [-0.05, 0) is 61.4 Å². The fourth-order valence-electron chi connectivity index (χ4n) is 2.45. The van der Waals surface area contributed by atoms with Gasteiger partial charge < -0.3 is 5.32 Å². The topological polar surface area (TPSA) is 71.1 Å². The van der Waals surface area contributed by atoms with Crippen molar-refractivity contribution in [2.24, 2.45) is 0 Å². The normalized spacial score (nSPS) is 10.4. The molecule has 132 valence electrons. The van der Waals surface area contributed by atoms with Gasteiger partial charge in [0, 0.05) is 21.7 Å². The zero-order valence-corrected chi connectivity index (χ0v) is 15.7. The number of halogens is 1. The Balaban J connectivity index is 1.67. The maximum Gasteiger partial charge on any atom is 0.275 e. The minimum absolute atomic E-state index is 0.251. The molecule has 3 aromatic rings. The van der Waals surface area contributed by atoms with Crippen LogP contribution in [-0.2, 0) is 0 Å². The summed E-state index contributed by atoms with van der Waals surface area (Å²) >= 11 is 7.01. The molecule has 0 saturated carbocycles. The van der Waals surface area contributed by atoms with Crippen LogP contribution in [0.15, 0.2) is 47.8 Å². The minimum atomic E-state index is -0.321. The number of benzene rings is 2. The van der Waals surface area contributed by atoms with Gasteiger partial charge in [0.25, 0.3) is 11.8 Å². The second-order valence-corrected chi connectivity index (χ2v) is 7.12. The summed E-state index contributed by atoms with van der Waals surface area (Å²) in [5.74, 6) is -0.629. The summed E-state index contributed by atoms with van der Waals surface area (Å²) in [6, 6.07) is 12.3. The zero-order valence-electron chi connectivity index (χ0n) is 14.2. The first-order chi connectivity index (χ1) is 12.4. The molecule has 0 aliphatic carbocycles. The molecular weight excluding hydrogens is 370 g/mol. The molecule has 2 amide bonds. The zero-order chi connectivity index (χ0) is 18.7. The minimum Gasteiger partial charge on any atom is -0.321 e. The quantitative estimate of drug-likeness (QED) is 0.669. The number of carbonyl (C=O) groups is 2. The third kappa shape index (κ3) is 4.47. The Labute approximate surface area is 160 Å². The Morgan fingerprint density at radius 1 is 0.962 bits per heavy atom. The van der Waals surface area contributed by atoms with Crippen LogP contribution in [0, 0.1) is 13.8 Å². The SMILES string of the molecule is Cc1cc(C)cc(NC(=O)c2csc(NC(=O)c3ccc(Cl)cc3)n2)c1. The third-order valence-corrected chi connectivity index (χ3v) is 4.55. The van der Waals surface area contributed by atoms with Crippen LogP contribution in [0.3, 0.4) is 0 Å². The number of carbonyl (C=O) groups excluding carboxylic acids is 2. The van der Waals surface area contributed by atoms with Crippen LogP contribution in [0.25, 0.3) is 0 Å².